The Kier molecular flexibility index (Phi) is 5.67. The first kappa shape index (κ1) is 17.6. The Labute approximate surface area is 138 Å². The zero-order valence-electron chi connectivity index (χ0n) is 13.7. The molecule has 9 heteroatoms. The Morgan fingerprint density at radius 2 is 2.12 bits per heavy atom. The van der Waals surface area contributed by atoms with Gasteiger partial charge < -0.3 is 15.6 Å². The molecule has 1 aliphatic rings. The molecule has 1 atom stereocenters. The van der Waals surface area contributed by atoms with Gasteiger partial charge in [-0.1, -0.05) is 6.92 Å². The van der Waals surface area contributed by atoms with Crippen LogP contribution in [-0.2, 0) is 16.0 Å². The summed E-state index contributed by atoms with van der Waals surface area (Å²) in [6, 6.07) is 0.112. The Hall–Kier alpha value is -2.71. The zero-order valence-corrected chi connectivity index (χ0v) is 13.7. The van der Waals surface area contributed by atoms with Crippen molar-refractivity contribution in [1.82, 2.24) is 25.5 Å². The second-order valence-corrected chi connectivity index (χ2v) is 5.63. The van der Waals surface area contributed by atoms with Gasteiger partial charge in [0.2, 0.25) is 5.91 Å². The van der Waals surface area contributed by atoms with E-state index in [1.807, 2.05) is 6.92 Å². The number of hydrogen-bond donors (Lipinski definition) is 3. The average Bonchev–Trinajstić information content (AvgIpc) is 2.74. The van der Waals surface area contributed by atoms with Crippen LogP contribution in [0.2, 0.25) is 0 Å². The third-order valence-corrected chi connectivity index (χ3v) is 3.55. The van der Waals surface area contributed by atoms with Crippen molar-refractivity contribution in [3.05, 3.63) is 27.9 Å². The molecule has 24 heavy (non-hydrogen) atoms. The lowest BCUT2D eigenvalue weighted by atomic mass is 10.2. The Morgan fingerprint density at radius 1 is 1.38 bits per heavy atom. The minimum Gasteiger partial charge on any atom is -0.356 e. The van der Waals surface area contributed by atoms with Gasteiger partial charge in [-0.2, -0.15) is 0 Å². The monoisotopic (exact) mass is 335 g/mol. The zero-order chi connectivity index (χ0) is 17.7. The van der Waals surface area contributed by atoms with Crippen LogP contribution in [0.4, 0.5) is 4.79 Å². The lowest BCUT2D eigenvalue weighted by Gasteiger charge is -2.11. The van der Waals surface area contributed by atoms with E-state index in [0.29, 0.717) is 30.9 Å². The van der Waals surface area contributed by atoms with Gasteiger partial charge in [0.15, 0.2) is 0 Å². The van der Waals surface area contributed by atoms with Crippen molar-refractivity contribution in [3.8, 4) is 0 Å². The van der Waals surface area contributed by atoms with E-state index in [9.17, 15) is 19.2 Å². The minimum absolute atomic E-state index is 0.109. The van der Waals surface area contributed by atoms with Gasteiger partial charge in [0.25, 0.3) is 11.5 Å². The van der Waals surface area contributed by atoms with Crippen molar-refractivity contribution in [2.75, 3.05) is 13.1 Å². The number of aromatic amines is 1. The number of nitrogens with zero attached hydrogens (tertiary/aromatic N) is 2. The molecule has 0 radical (unpaired) electrons. The largest absolute Gasteiger partial charge is 0.356 e. The summed E-state index contributed by atoms with van der Waals surface area (Å²) < 4.78 is 0. The van der Waals surface area contributed by atoms with Crippen LogP contribution < -0.4 is 16.2 Å². The number of aryl methyl sites for hydroxylation is 1. The van der Waals surface area contributed by atoms with Gasteiger partial charge in [0.1, 0.15) is 11.9 Å². The molecule has 1 aromatic rings. The molecule has 2 rings (SSSR count). The van der Waals surface area contributed by atoms with Crippen molar-refractivity contribution in [2.24, 2.45) is 0 Å². The Balaban J connectivity index is 1.80. The molecule has 0 saturated carbocycles. The van der Waals surface area contributed by atoms with Crippen LogP contribution in [0.15, 0.2) is 10.9 Å². The van der Waals surface area contributed by atoms with Gasteiger partial charge in [-0.25, -0.2) is 9.78 Å². The van der Waals surface area contributed by atoms with Crippen molar-refractivity contribution in [2.45, 2.75) is 39.2 Å². The highest BCUT2D eigenvalue weighted by atomic mass is 16.2. The van der Waals surface area contributed by atoms with E-state index in [0.717, 1.165) is 4.90 Å². The first-order valence-corrected chi connectivity index (χ1v) is 7.86. The quantitative estimate of drug-likeness (QED) is 0.577. The predicted octanol–water partition coefficient (Wildman–Crippen LogP) is -0.542. The highest BCUT2D eigenvalue weighted by Gasteiger charge is 2.38. The summed E-state index contributed by atoms with van der Waals surface area (Å²) in [7, 11) is 0. The first-order valence-electron chi connectivity index (χ1n) is 7.86. The molecule has 4 amide bonds. The average molecular weight is 335 g/mol. The van der Waals surface area contributed by atoms with Crippen LogP contribution in [0.25, 0.3) is 0 Å². The van der Waals surface area contributed by atoms with Crippen molar-refractivity contribution >= 4 is 17.8 Å². The SMILES string of the molecule is CCCN1C(=O)NC(CC(=O)NCCc2nc(C)cc(=O)[nH]2)C1=O. The van der Waals surface area contributed by atoms with E-state index >= 15 is 0 Å². The van der Waals surface area contributed by atoms with Gasteiger partial charge in [-0.15, -0.1) is 0 Å². The van der Waals surface area contributed by atoms with Crippen molar-refractivity contribution in [1.29, 1.82) is 0 Å². The van der Waals surface area contributed by atoms with E-state index in [2.05, 4.69) is 20.6 Å². The predicted molar refractivity (Wildman–Crippen MR) is 85.2 cm³/mol. The normalized spacial score (nSPS) is 17.1. The number of nitrogens with one attached hydrogen (secondary N) is 3. The van der Waals surface area contributed by atoms with E-state index < -0.39 is 12.1 Å². The second-order valence-electron chi connectivity index (χ2n) is 5.63. The summed E-state index contributed by atoms with van der Waals surface area (Å²) in [6.45, 7) is 4.20. The van der Waals surface area contributed by atoms with Gasteiger partial charge in [-0.05, 0) is 13.3 Å². The number of aromatic nitrogens is 2. The maximum atomic E-state index is 12.0. The Morgan fingerprint density at radius 3 is 2.79 bits per heavy atom. The smallest absolute Gasteiger partial charge is 0.324 e. The molecule has 0 aliphatic carbocycles. The molecule has 0 spiro atoms. The number of hydrogen-bond acceptors (Lipinski definition) is 5. The summed E-state index contributed by atoms with van der Waals surface area (Å²) in [4.78, 5) is 54.8. The van der Waals surface area contributed by atoms with E-state index in [1.165, 1.54) is 6.07 Å². The molecule has 2 heterocycles. The number of imide groups is 1. The van der Waals surface area contributed by atoms with Gasteiger partial charge >= 0.3 is 6.03 Å². The van der Waals surface area contributed by atoms with Crippen molar-refractivity contribution < 1.29 is 14.4 Å². The number of amides is 4. The molecule has 1 saturated heterocycles. The maximum absolute atomic E-state index is 12.0. The number of H-pyrrole nitrogens is 1. The summed E-state index contributed by atoms with van der Waals surface area (Å²) in [6.07, 6.45) is 0.928. The Bertz CT molecular complexity index is 699. The summed E-state index contributed by atoms with van der Waals surface area (Å²) in [5, 5.41) is 5.17. The lowest BCUT2D eigenvalue weighted by Crippen LogP contribution is -2.37. The molecule has 1 aliphatic heterocycles. The fourth-order valence-electron chi connectivity index (χ4n) is 2.49. The van der Waals surface area contributed by atoms with Gasteiger partial charge in [-0.3, -0.25) is 19.3 Å². The molecule has 0 bridgehead atoms. The van der Waals surface area contributed by atoms with Crippen LogP contribution in [0, 0.1) is 6.92 Å². The fraction of sp³-hybridized carbons (Fsp3) is 0.533. The first-order chi connectivity index (χ1) is 11.4. The standard InChI is InChI=1S/C15H21N5O4/c1-3-6-20-14(23)10(18-15(20)24)8-12(21)16-5-4-11-17-9(2)7-13(22)19-11/h7,10H,3-6,8H2,1-2H3,(H,16,21)(H,18,24)(H,17,19,22). The number of urea groups is 1. The number of rotatable bonds is 7. The molecule has 3 N–H and O–H groups in total. The van der Waals surface area contributed by atoms with Gasteiger partial charge in [0, 0.05) is 31.3 Å². The van der Waals surface area contributed by atoms with E-state index in [-0.39, 0.29) is 30.3 Å². The highest BCUT2D eigenvalue weighted by molar-refractivity contribution is 6.05. The maximum Gasteiger partial charge on any atom is 0.324 e. The molecule has 9 nitrogen and oxygen atoms in total. The fourth-order valence-corrected chi connectivity index (χ4v) is 2.49. The van der Waals surface area contributed by atoms with Crippen LogP contribution in [-0.4, -0.2) is 51.8 Å². The van der Waals surface area contributed by atoms with Crippen LogP contribution in [0.1, 0.15) is 31.3 Å². The summed E-state index contributed by atoms with van der Waals surface area (Å²) >= 11 is 0. The summed E-state index contributed by atoms with van der Waals surface area (Å²) in [5.74, 6) is -0.233. The lowest BCUT2D eigenvalue weighted by molar-refractivity contribution is -0.130. The topological polar surface area (TPSA) is 124 Å². The van der Waals surface area contributed by atoms with E-state index in [4.69, 9.17) is 0 Å². The van der Waals surface area contributed by atoms with Crippen LogP contribution >= 0.6 is 0 Å². The van der Waals surface area contributed by atoms with Crippen LogP contribution in [0.3, 0.4) is 0 Å². The minimum atomic E-state index is -0.819. The third-order valence-electron chi connectivity index (χ3n) is 3.55. The molecule has 0 aromatic carbocycles. The molecule has 130 valence electrons. The number of carbonyl (C=O) groups excluding carboxylic acids is 3. The van der Waals surface area contributed by atoms with Gasteiger partial charge in [0.05, 0.1) is 6.42 Å². The molecule has 1 unspecified atom stereocenters. The summed E-state index contributed by atoms with van der Waals surface area (Å²) in [5.41, 5.74) is 0.370. The number of carbonyl (C=O) groups is 3. The molecular formula is C15H21N5O4. The molecule has 1 aromatic heterocycles. The van der Waals surface area contributed by atoms with Crippen LogP contribution in [0.5, 0.6) is 0 Å². The third kappa shape index (κ3) is 4.40. The molecular weight excluding hydrogens is 314 g/mol. The van der Waals surface area contributed by atoms with Crippen molar-refractivity contribution in [3.63, 3.8) is 0 Å². The highest BCUT2D eigenvalue weighted by Crippen LogP contribution is 2.09. The second kappa shape index (κ2) is 7.71. The molecule has 1 fully saturated rings. The van der Waals surface area contributed by atoms with E-state index in [1.54, 1.807) is 6.92 Å².